The molecular weight excluding hydrogens is 248 g/mol. The van der Waals surface area contributed by atoms with Crippen LogP contribution in [0.1, 0.15) is 25.3 Å². The van der Waals surface area contributed by atoms with Crippen molar-refractivity contribution in [2.24, 2.45) is 0 Å². The summed E-state index contributed by atoms with van der Waals surface area (Å²) >= 11 is 5.89. The van der Waals surface area contributed by atoms with E-state index in [1.165, 1.54) is 19.4 Å². The van der Waals surface area contributed by atoms with Gasteiger partial charge in [0.25, 0.3) is 0 Å². The van der Waals surface area contributed by atoms with Crippen LogP contribution in [-0.2, 0) is 6.54 Å². The number of aromatic hydroxyl groups is 1. The molecule has 1 aromatic rings. The minimum absolute atomic E-state index is 0.204. The molecule has 1 saturated heterocycles. The Morgan fingerprint density at radius 2 is 2.33 bits per heavy atom. The van der Waals surface area contributed by atoms with E-state index < -0.39 is 0 Å². The number of nitrogens with one attached hydrogen (secondary N) is 1. The normalized spacial score (nSPS) is 21.1. The molecule has 1 atom stereocenters. The zero-order valence-corrected chi connectivity index (χ0v) is 11.6. The summed E-state index contributed by atoms with van der Waals surface area (Å²) < 4.78 is 0. The van der Waals surface area contributed by atoms with Crippen LogP contribution in [0.25, 0.3) is 0 Å². The summed E-state index contributed by atoms with van der Waals surface area (Å²) in [5.41, 5.74) is 0.871. The van der Waals surface area contributed by atoms with Gasteiger partial charge in [-0.2, -0.15) is 0 Å². The number of para-hydroxylation sites is 1. The minimum Gasteiger partial charge on any atom is -0.506 e. The second kappa shape index (κ2) is 6.41. The Morgan fingerprint density at radius 3 is 3.11 bits per heavy atom. The first kappa shape index (κ1) is 13.7. The van der Waals surface area contributed by atoms with Gasteiger partial charge in [-0.15, -0.1) is 0 Å². The lowest BCUT2D eigenvalue weighted by molar-refractivity contribution is 0.198. The van der Waals surface area contributed by atoms with Crippen LogP contribution < -0.4 is 5.32 Å². The van der Waals surface area contributed by atoms with Gasteiger partial charge in [-0.1, -0.05) is 30.7 Å². The first-order valence-corrected chi connectivity index (χ1v) is 7.00. The first-order valence-electron chi connectivity index (χ1n) is 6.62. The maximum absolute atomic E-state index is 9.84. The molecule has 1 aliphatic heterocycles. The summed E-state index contributed by atoms with van der Waals surface area (Å²) in [5, 5.41) is 13.8. The lowest BCUT2D eigenvalue weighted by Gasteiger charge is -2.32. The standard InChI is InChI=1S/C14H21ClN2O/c1-2-17-8-4-6-12(10-17)16-9-11-5-3-7-13(15)14(11)18/h3,5,7,12,16,18H,2,4,6,8-10H2,1H3. The van der Waals surface area contributed by atoms with Crippen LogP contribution in [0.3, 0.4) is 0 Å². The predicted molar refractivity (Wildman–Crippen MR) is 75.1 cm³/mol. The van der Waals surface area contributed by atoms with Gasteiger partial charge in [0.15, 0.2) is 0 Å². The minimum atomic E-state index is 0.204. The highest BCUT2D eigenvalue weighted by Crippen LogP contribution is 2.26. The number of hydrogen-bond donors (Lipinski definition) is 2. The summed E-state index contributed by atoms with van der Waals surface area (Å²) in [6.45, 7) is 6.29. The van der Waals surface area contributed by atoms with Crippen molar-refractivity contribution in [2.75, 3.05) is 19.6 Å². The third-order valence-corrected chi connectivity index (χ3v) is 3.91. The number of likely N-dealkylation sites (tertiary alicyclic amines) is 1. The molecule has 0 radical (unpaired) electrons. The average Bonchev–Trinajstić information content (AvgIpc) is 2.41. The highest BCUT2D eigenvalue weighted by Gasteiger charge is 2.18. The van der Waals surface area contributed by atoms with Gasteiger partial charge in [-0.25, -0.2) is 0 Å². The number of benzene rings is 1. The molecule has 0 bridgehead atoms. The van der Waals surface area contributed by atoms with E-state index in [0.29, 0.717) is 17.6 Å². The molecule has 2 rings (SSSR count). The van der Waals surface area contributed by atoms with Crippen molar-refractivity contribution >= 4 is 11.6 Å². The summed E-state index contributed by atoms with van der Waals surface area (Å²) in [7, 11) is 0. The molecule has 0 saturated carbocycles. The molecule has 2 N–H and O–H groups in total. The molecule has 0 amide bonds. The van der Waals surface area contributed by atoms with Crippen molar-refractivity contribution in [3.05, 3.63) is 28.8 Å². The van der Waals surface area contributed by atoms with Crippen LogP contribution in [0.2, 0.25) is 5.02 Å². The van der Waals surface area contributed by atoms with Crippen LogP contribution in [0.5, 0.6) is 5.75 Å². The highest BCUT2D eigenvalue weighted by atomic mass is 35.5. The largest absolute Gasteiger partial charge is 0.506 e. The molecule has 18 heavy (non-hydrogen) atoms. The Bertz CT molecular complexity index is 397. The van der Waals surface area contributed by atoms with Gasteiger partial charge in [0.05, 0.1) is 5.02 Å². The molecule has 1 fully saturated rings. The number of piperidine rings is 1. The predicted octanol–water partition coefficient (Wildman–Crippen LogP) is 2.62. The number of halogens is 1. The van der Waals surface area contributed by atoms with Gasteiger partial charge < -0.3 is 15.3 Å². The molecule has 1 heterocycles. The number of phenols is 1. The van der Waals surface area contributed by atoms with Crippen LogP contribution in [-0.4, -0.2) is 35.7 Å². The van der Waals surface area contributed by atoms with Crippen molar-refractivity contribution in [1.29, 1.82) is 0 Å². The fourth-order valence-corrected chi connectivity index (χ4v) is 2.66. The molecule has 4 heteroatoms. The van der Waals surface area contributed by atoms with Gasteiger partial charge in [0, 0.05) is 24.7 Å². The Labute approximate surface area is 114 Å². The zero-order valence-electron chi connectivity index (χ0n) is 10.8. The lowest BCUT2D eigenvalue weighted by Crippen LogP contribution is -2.45. The second-order valence-electron chi connectivity index (χ2n) is 4.86. The number of nitrogens with zero attached hydrogens (tertiary/aromatic N) is 1. The maximum atomic E-state index is 9.84. The number of likely N-dealkylation sites (N-methyl/N-ethyl adjacent to an activating group) is 1. The van der Waals surface area contributed by atoms with Crippen LogP contribution in [0, 0.1) is 0 Å². The van der Waals surface area contributed by atoms with E-state index >= 15 is 0 Å². The van der Waals surface area contributed by atoms with E-state index in [0.717, 1.165) is 18.7 Å². The van der Waals surface area contributed by atoms with Gasteiger partial charge in [-0.3, -0.25) is 0 Å². The van der Waals surface area contributed by atoms with Crippen molar-refractivity contribution in [1.82, 2.24) is 10.2 Å². The summed E-state index contributed by atoms with van der Waals surface area (Å²) in [6, 6.07) is 6.00. The number of phenolic OH excluding ortho intramolecular Hbond substituents is 1. The van der Waals surface area contributed by atoms with Gasteiger partial charge in [-0.05, 0) is 32.0 Å². The zero-order chi connectivity index (χ0) is 13.0. The van der Waals surface area contributed by atoms with E-state index in [1.54, 1.807) is 6.07 Å². The highest BCUT2D eigenvalue weighted by molar-refractivity contribution is 6.32. The molecule has 100 valence electrons. The average molecular weight is 269 g/mol. The molecular formula is C14H21ClN2O. The molecule has 1 aromatic carbocycles. The molecule has 3 nitrogen and oxygen atoms in total. The van der Waals surface area contributed by atoms with Gasteiger partial charge in [0.2, 0.25) is 0 Å². The fourth-order valence-electron chi connectivity index (χ4n) is 2.47. The maximum Gasteiger partial charge on any atom is 0.138 e. The Kier molecular flexibility index (Phi) is 4.87. The van der Waals surface area contributed by atoms with E-state index in [4.69, 9.17) is 11.6 Å². The molecule has 1 unspecified atom stereocenters. The molecule has 0 aromatic heterocycles. The van der Waals surface area contributed by atoms with Crippen molar-refractivity contribution in [2.45, 2.75) is 32.4 Å². The summed E-state index contributed by atoms with van der Waals surface area (Å²) in [4.78, 5) is 2.46. The molecule has 0 spiro atoms. The topological polar surface area (TPSA) is 35.5 Å². The van der Waals surface area contributed by atoms with E-state index in [9.17, 15) is 5.11 Å². The van der Waals surface area contributed by atoms with Crippen LogP contribution in [0.4, 0.5) is 0 Å². The number of hydrogen-bond acceptors (Lipinski definition) is 3. The van der Waals surface area contributed by atoms with E-state index in [1.807, 2.05) is 12.1 Å². The van der Waals surface area contributed by atoms with Crippen molar-refractivity contribution in [3.8, 4) is 5.75 Å². The SMILES string of the molecule is CCN1CCCC(NCc2cccc(Cl)c2O)C1. The van der Waals surface area contributed by atoms with Gasteiger partial charge >= 0.3 is 0 Å². The Balaban J connectivity index is 1.89. The number of rotatable bonds is 4. The van der Waals surface area contributed by atoms with Gasteiger partial charge in [0.1, 0.15) is 5.75 Å². The third kappa shape index (κ3) is 3.37. The fraction of sp³-hybridized carbons (Fsp3) is 0.571. The van der Waals surface area contributed by atoms with Crippen molar-refractivity contribution in [3.63, 3.8) is 0 Å². The first-order chi connectivity index (χ1) is 8.70. The van der Waals surface area contributed by atoms with Crippen molar-refractivity contribution < 1.29 is 5.11 Å². The monoisotopic (exact) mass is 268 g/mol. The Morgan fingerprint density at radius 1 is 1.50 bits per heavy atom. The third-order valence-electron chi connectivity index (χ3n) is 3.60. The summed E-state index contributed by atoms with van der Waals surface area (Å²) in [6.07, 6.45) is 2.45. The van der Waals surface area contributed by atoms with Crippen LogP contribution >= 0.6 is 11.6 Å². The Hall–Kier alpha value is -0.770. The smallest absolute Gasteiger partial charge is 0.138 e. The molecule has 1 aliphatic rings. The van der Waals surface area contributed by atoms with E-state index in [2.05, 4.69) is 17.1 Å². The van der Waals surface area contributed by atoms with Crippen LogP contribution in [0.15, 0.2) is 18.2 Å². The van der Waals surface area contributed by atoms with E-state index in [-0.39, 0.29) is 5.75 Å². The summed E-state index contributed by atoms with van der Waals surface area (Å²) in [5.74, 6) is 0.204. The second-order valence-corrected chi connectivity index (χ2v) is 5.27. The molecule has 0 aliphatic carbocycles. The quantitative estimate of drug-likeness (QED) is 0.881. The lowest BCUT2D eigenvalue weighted by atomic mass is 10.1.